The van der Waals surface area contributed by atoms with E-state index in [2.05, 4.69) is 0 Å². The van der Waals surface area contributed by atoms with Crippen LogP contribution in [0, 0.1) is 5.92 Å². The van der Waals surface area contributed by atoms with E-state index in [0.717, 1.165) is 12.8 Å². The second-order valence-electron chi connectivity index (χ2n) is 5.55. The predicted molar refractivity (Wildman–Crippen MR) is 80.9 cm³/mol. The van der Waals surface area contributed by atoms with Crippen molar-refractivity contribution in [2.75, 3.05) is 20.8 Å². The van der Waals surface area contributed by atoms with Crippen LogP contribution in [-0.4, -0.2) is 44.6 Å². The molecule has 0 saturated heterocycles. The van der Waals surface area contributed by atoms with Crippen molar-refractivity contribution < 1.29 is 18.3 Å². The van der Waals surface area contributed by atoms with Crippen LogP contribution in [0.5, 0.6) is 5.75 Å². The van der Waals surface area contributed by atoms with E-state index in [-0.39, 0.29) is 24.0 Å². The van der Waals surface area contributed by atoms with Gasteiger partial charge in [-0.2, -0.15) is 4.31 Å². The fraction of sp³-hybridized carbons (Fsp3) is 0.600. The first kappa shape index (κ1) is 16.3. The number of methoxy groups -OCH3 is 1. The Hall–Kier alpha value is -1.11. The number of sulfonamides is 1. The van der Waals surface area contributed by atoms with Gasteiger partial charge in [0, 0.05) is 19.7 Å². The standard InChI is InChI=1S/C15H23NO4S/c1-11(12-4-5-12)16(2)21(18,19)15-7-6-14(20-3)10-13(15)8-9-17/h6-7,10-12,17H,4-5,8-9H2,1-3H3. The SMILES string of the molecule is COc1ccc(S(=O)(=O)N(C)C(C)C2CC2)c(CCO)c1. The van der Waals surface area contributed by atoms with Crippen LogP contribution >= 0.6 is 0 Å². The van der Waals surface area contributed by atoms with Crippen molar-refractivity contribution in [3.8, 4) is 5.75 Å². The molecule has 0 radical (unpaired) electrons. The molecule has 1 N–H and O–H groups in total. The third-order valence-electron chi connectivity index (χ3n) is 4.18. The highest BCUT2D eigenvalue weighted by Gasteiger charge is 2.36. The Morgan fingerprint density at radius 2 is 2.10 bits per heavy atom. The number of aliphatic hydroxyl groups excluding tert-OH is 1. The third kappa shape index (κ3) is 3.39. The largest absolute Gasteiger partial charge is 0.497 e. The van der Waals surface area contributed by atoms with E-state index in [1.54, 1.807) is 25.2 Å². The summed E-state index contributed by atoms with van der Waals surface area (Å²) in [6, 6.07) is 4.89. The number of hydrogen-bond acceptors (Lipinski definition) is 4. The fourth-order valence-corrected chi connectivity index (χ4v) is 4.15. The van der Waals surface area contributed by atoms with Crippen LogP contribution < -0.4 is 4.74 Å². The van der Waals surface area contributed by atoms with Crippen LogP contribution in [0.3, 0.4) is 0 Å². The highest BCUT2D eigenvalue weighted by molar-refractivity contribution is 7.89. The van der Waals surface area contributed by atoms with Crippen molar-refractivity contribution in [3.05, 3.63) is 23.8 Å². The molecule has 0 aliphatic heterocycles. The molecule has 1 aromatic rings. The van der Waals surface area contributed by atoms with Crippen LogP contribution in [0.4, 0.5) is 0 Å². The molecule has 2 rings (SSSR count). The van der Waals surface area contributed by atoms with Crippen molar-refractivity contribution in [1.82, 2.24) is 4.31 Å². The molecule has 5 nitrogen and oxygen atoms in total. The molecule has 0 heterocycles. The molecule has 1 aliphatic rings. The molecule has 1 saturated carbocycles. The Labute approximate surface area is 126 Å². The van der Waals surface area contributed by atoms with Gasteiger partial charge in [-0.3, -0.25) is 0 Å². The number of benzene rings is 1. The maximum atomic E-state index is 12.8. The van der Waals surface area contributed by atoms with E-state index in [9.17, 15) is 13.5 Å². The number of nitrogens with zero attached hydrogens (tertiary/aromatic N) is 1. The summed E-state index contributed by atoms with van der Waals surface area (Å²) in [5.74, 6) is 1.06. The van der Waals surface area contributed by atoms with Gasteiger partial charge in [0.2, 0.25) is 10.0 Å². The Balaban J connectivity index is 2.38. The lowest BCUT2D eigenvalue weighted by molar-refractivity contribution is 0.298. The Kier molecular flexibility index (Phi) is 4.91. The second-order valence-corrected chi connectivity index (χ2v) is 7.51. The maximum Gasteiger partial charge on any atom is 0.243 e. The number of ether oxygens (including phenoxy) is 1. The normalized spacial score (nSPS) is 17.0. The molecule has 0 aromatic heterocycles. The van der Waals surface area contributed by atoms with Crippen LogP contribution in [0.2, 0.25) is 0 Å². The summed E-state index contributed by atoms with van der Waals surface area (Å²) in [6.45, 7) is 1.85. The molecule has 0 amide bonds. The molecule has 1 aromatic carbocycles. The third-order valence-corrected chi connectivity index (χ3v) is 6.23. The van der Waals surface area contributed by atoms with Gasteiger partial charge < -0.3 is 9.84 Å². The smallest absolute Gasteiger partial charge is 0.243 e. The highest BCUT2D eigenvalue weighted by atomic mass is 32.2. The first-order valence-corrected chi connectivity index (χ1v) is 8.61. The van der Waals surface area contributed by atoms with Gasteiger partial charge in [-0.25, -0.2) is 8.42 Å². The Morgan fingerprint density at radius 3 is 2.62 bits per heavy atom. The number of hydrogen-bond donors (Lipinski definition) is 1. The second kappa shape index (κ2) is 6.34. The van der Waals surface area contributed by atoms with Crippen LogP contribution in [0.15, 0.2) is 23.1 Å². The van der Waals surface area contributed by atoms with E-state index >= 15 is 0 Å². The Morgan fingerprint density at radius 1 is 1.43 bits per heavy atom. The zero-order valence-electron chi connectivity index (χ0n) is 12.7. The number of aliphatic hydroxyl groups is 1. The Bertz CT molecular complexity index is 596. The molecule has 1 fully saturated rings. The summed E-state index contributed by atoms with van der Waals surface area (Å²) in [5.41, 5.74) is 0.590. The van der Waals surface area contributed by atoms with Crippen molar-refractivity contribution in [3.63, 3.8) is 0 Å². The van der Waals surface area contributed by atoms with Gasteiger partial charge in [0.15, 0.2) is 0 Å². The summed E-state index contributed by atoms with van der Waals surface area (Å²) in [4.78, 5) is 0.257. The van der Waals surface area contributed by atoms with Gasteiger partial charge in [0.05, 0.1) is 12.0 Å². The summed E-state index contributed by atoms with van der Waals surface area (Å²) < 4.78 is 32.2. The molecule has 21 heavy (non-hydrogen) atoms. The molecule has 0 bridgehead atoms. The van der Waals surface area contributed by atoms with E-state index in [1.807, 2.05) is 6.92 Å². The van der Waals surface area contributed by atoms with Crippen LogP contribution in [-0.2, 0) is 16.4 Å². The van der Waals surface area contributed by atoms with Gasteiger partial charge in [0.25, 0.3) is 0 Å². The highest BCUT2D eigenvalue weighted by Crippen LogP contribution is 2.37. The minimum atomic E-state index is -3.55. The number of rotatable bonds is 7. The van der Waals surface area contributed by atoms with Gasteiger partial charge in [-0.05, 0) is 55.9 Å². The molecule has 118 valence electrons. The van der Waals surface area contributed by atoms with Gasteiger partial charge >= 0.3 is 0 Å². The lowest BCUT2D eigenvalue weighted by Crippen LogP contribution is -2.36. The minimum Gasteiger partial charge on any atom is -0.497 e. The first-order valence-electron chi connectivity index (χ1n) is 7.17. The van der Waals surface area contributed by atoms with E-state index in [0.29, 0.717) is 17.2 Å². The van der Waals surface area contributed by atoms with Gasteiger partial charge in [-0.15, -0.1) is 0 Å². The summed E-state index contributed by atoms with van der Waals surface area (Å²) in [5, 5.41) is 9.17. The monoisotopic (exact) mass is 313 g/mol. The average molecular weight is 313 g/mol. The predicted octanol–water partition coefficient (Wildman–Crippen LogP) is 1.65. The van der Waals surface area contributed by atoms with Gasteiger partial charge in [-0.1, -0.05) is 0 Å². The average Bonchev–Trinajstić information content (AvgIpc) is 3.30. The summed E-state index contributed by atoms with van der Waals surface area (Å²) in [6.07, 6.45) is 2.47. The summed E-state index contributed by atoms with van der Waals surface area (Å²) in [7, 11) is -0.389. The summed E-state index contributed by atoms with van der Waals surface area (Å²) >= 11 is 0. The lowest BCUT2D eigenvalue weighted by atomic mass is 10.1. The quantitative estimate of drug-likeness (QED) is 0.831. The zero-order chi connectivity index (χ0) is 15.6. The molecule has 1 atom stereocenters. The van der Waals surface area contributed by atoms with Crippen molar-refractivity contribution >= 4 is 10.0 Å². The fourth-order valence-electron chi connectivity index (χ4n) is 2.50. The van der Waals surface area contributed by atoms with E-state index < -0.39 is 10.0 Å². The molecule has 1 aliphatic carbocycles. The van der Waals surface area contributed by atoms with E-state index in [4.69, 9.17) is 4.74 Å². The maximum absolute atomic E-state index is 12.8. The van der Waals surface area contributed by atoms with Gasteiger partial charge in [0.1, 0.15) is 5.75 Å². The topological polar surface area (TPSA) is 66.8 Å². The molecular weight excluding hydrogens is 290 g/mol. The molecule has 1 unspecified atom stereocenters. The molecule has 0 spiro atoms. The van der Waals surface area contributed by atoms with E-state index in [1.165, 1.54) is 11.4 Å². The first-order chi connectivity index (χ1) is 9.91. The molecule has 6 heteroatoms. The van der Waals surface area contributed by atoms with Crippen LogP contribution in [0.25, 0.3) is 0 Å². The molecular formula is C15H23NO4S. The van der Waals surface area contributed by atoms with Crippen molar-refractivity contribution in [1.29, 1.82) is 0 Å². The lowest BCUT2D eigenvalue weighted by Gasteiger charge is -2.25. The van der Waals surface area contributed by atoms with Crippen molar-refractivity contribution in [2.45, 2.75) is 37.1 Å². The minimum absolute atomic E-state index is 0.000854. The zero-order valence-corrected chi connectivity index (χ0v) is 13.6. The van der Waals surface area contributed by atoms with Crippen molar-refractivity contribution in [2.24, 2.45) is 5.92 Å². The van der Waals surface area contributed by atoms with Crippen LogP contribution in [0.1, 0.15) is 25.3 Å².